The lowest BCUT2D eigenvalue weighted by molar-refractivity contribution is -0.176. The van der Waals surface area contributed by atoms with E-state index >= 15 is 0 Å². The van der Waals surface area contributed by atoms with Crippen LogP contribution < -0.4 is 5.32 Å². The number of fused-ring (bicyclic) bond motifs is 1. The lowest BCUT2D eigenvalue weighted by Gasteiger charge is -2.56. The third-order valence-electron chi connectivity index (χ3n) is 8.49. The summed E-state index contributed by atoms with van der Waals surface area (Å²) in [5.41, 5.74) is -0.768. The number of carbonyl (C=O) groups is 3. The first-order chi connectivity index (χ1) is 19.8. The molecule has 230 valence electrons. The van der Waals surface area contributed by atoms with Crippen LogP contribution in [-0.2, 0) is 25.5 Å². The number of benzene rings is 1. The van der Waals surface area contributed by atoms with Crippen molar-refractivity contribution in [2.75, 3.05) is 26.2 Å². The van der Waals surface area contributed by atoms with Crippen LogP contribution in [-0.4, -0.2) is 75.0 Å². The molecule has 1 spiro atoms. The fourth-order valence-corrected chi connectivity index (χ4v) is 7.68. The van der Waals surface area contributed by atoms with Gasteiger partial charge in [0.15, 0.2) is 12.0 Å². The lowest BCUT2D eigenvalue weighted by atomic mass is 9.55. The van der Waals surface area contributed by atoms with Gasteiger partial charge in [-0.25, -0.2) is 9.48 Å². The molecule has 2 amide bonds. The maximum atomic E-state index is 12.9. The SMILES string of the molecule is CC(C)(C)OC(=O)N1CCCC2(C1)CC(O)(C(=O)NCC(=O)CCc1c(Cl)cc3c(cnn3C3CCCCO3)c1Br)C2. The van der Waals surface area contributed by atoms with Crippen LogP contribution in [0.1, 0.15) is 83.9 Å². The molecular weight excluding hydrogens is 628 g/mol. The number of halogens is 2. The molecule has 1 atom stereocenters. The number of ether oxygens (including phenoxy) is 2. The summed E-state index contributed by atoms with van der Waals surface area (Å²) in [5, 5.41) is 19.6. The Bertz CT molecular complexity index is 1360. The molecule has 0 radical (unpaired) electrons. The minimum Gasteiger partial charge on any atom is -0.444 e. The van der Waals surface area contributed by atoms with Crippen LogP contribution in [0, 0.1) is 5.41 Å². The summed E-state index contributed by atoms with van der Waals surface area (Å²) in [6, 6.07) is 1.87. The van der Waals surface area contributed by atoms with Crippen molar-refractivity contribution < 1.29 is 29.0 Å². The van der Waals surface area contributed by atoms with E-state index in [2.05, 4.69) is 26.3 Å². The number of aliphatic hydroxyl groups is 1. The molecular formula is C30H40BrClN4O6. The van der Waals surface area contributed by atoms with E-state index in [0.29, 0.717) is 31.1 Å². The van der Waals surface area contributed by atoms with Crippen LogP contribution in [0.4, 0.5) is 4.79 Å². The molecule has 2 aliphatic heterocycles. The van der Waals surface area contributed by atoms with Crippen LogP contribution in [0.25, 0.3) is 10.9 Å². The van der Waals surface area contributed by atoms with Crippen molar-refractivity contribution in [1.82, 2.24) is 20.0 Å². The second kappa shape index (κ2) is 12.1. The zero-order chi connectivity index (χ0) is 30.3. The number of nitrogens with one attached hydrogen (secondary N) is 1. The number of piperidine rings is 1. The molecule has 1 unspecified atom stereocenters. The second-order valence-electron chi connectivity index (χ2n) is 13.1. The van der Waals surface area contributed by atoms with Gasteiger partial charge in [-0.15, -0.1) is 0 Å². The molecule has 2 N–H and O–H groups in total. The smallest absolute Gasteiger partial charge is 0.410 e. The number of carbonyl (C=O) groups excluding carboxylic acids is 3. The Hall–Kier alpha value is -2.21. The predicted molar refractivity (Wildman–Crippen MR) is 161 cm³/mol. The van der Waals surface area contributed by atoms with Crippen molar-refractivity contribution >= 4 is 56.2 Å². The molecule has 1 saturated carbocycles. The average molecular weight is 668 g/mol. The van der Waals surface area contributed by atoms with Crippen molar-refractivity contribution in [2.45, 2.75) is 96.0 Å². The zero-order valence-corrected chi connectivity index (χ0v) is 26.9. The molecule has 10 nitrogen and oxygen atoms in total. The van der Waals surface area contributed by atoms with Gasteiger partial charge in [-0.2, -0.15) is 5.10 Å². The van der Waals surface area contributed by atoms with Gasteiger partial charge in [0, 0.05) is 41.0 Å². The molecule has 5 rings (SSSR count). The summed E-state index contributed by atoms with van der Waals surface area (Å²) in [6.45, 7) is 7.06. The minimum absolute atomic E-state index is 0.113. The number of hydrogen-bond donors (Lipinski definition) is 2. The Morgan fingerprint density at radius 1 is 1.26 bits per heavy atom. The van der Waals surface area contributed by atoms with E-state index in [1.54, 1.807) is 11.1 Å². The Balaban J connectivity index is 1.12. The first-order valence-electron chi connectivity index (χ1n) is 14.8. The van der Waals surface area contributed by atoms with E-state index in [9.17, 15) is 19.5 Å². The Morgan fingerprint density at radius 3 is 2.71 bits per heavy atom. The third kappa shape index (κ3) is 6.64. The molecule has 0 bridgehead atoms. The van der Waals surface area contributed by atoms with E-state index in [4.69, 9.17) is 21.1 Å². The van der Waals surface area contributed by atoms with Gasteiger partial charge in [0.25, 0.3) is 5.91 Å². The van der Waals surface area contributed by atoms with Gasteiger partial charge in [0.1, 0.15) is 11.2 Å². The summed E-state index contributed by atoms with van der Waals surface area (Å²) in [4.78, 5) is 39.8. The highest BCUT2D eigenvalue weighted by atomic mass is 79.9. The molecule has 12 heteroatoms. The van der Waals surface area contributed by atoms with Gasteiger partial charge in [0.2, 0.25) is 0 Å². The largest absolute Gasteiger partial charge is 0.444 e. The maximum absolute atomic E-state index is 12.9. The van der Waals surface area contributed by atoms with E-state index in [0.717, 1.165) is 53.0 Å². The predicted octanol–water partition coefficient (Wildman–Crippen LogP) is 5.31. The first-order valence-corrected chi connectivity index (χ1v) is 15.9. The van der Waals surface area contributed by atoms with Crippen LogP contribution in [0.2, 0.25) is 5.02 Å². The quantitative estimate of drug-likeness (QED) is 0.410. The molecule has 3 fully saturated rings. The summed E-state index contributed by atoms with van der Waals surface area (Å²) in [6.07, 6.45) is 7.02. The number of ketones is 1. The fraction of sp³-hybridized carbons (Fsp3) is 0.667. The van der Waals surface area contributed by atoms with Gasteiger partial charge in [0.05, 0.1) is 18.3 Å². The summed E-state index contributed by atoms with van der Waals surface area (Å²) < 4.78 is 14.1. The fourth-order valence-electron chi connectivity index (χ4n) is 6.56. The van der Waals surface area contributed by atoms with Crippen molar-refractivity contribution in [3.8, 4) is 0 Å². The highest BCUT2D eigenvalue weighted by Gasteiger charge is 2.59. The molecule has 1 aromatic carbocycles. The van der Waals surface area contributed by atoms with Crippen LogP contribution in [0.3, 0.4) is 0 Å². The third-order valence-corrected chi connectivity index (χ3v) is 9.73. The molecule has 2 aromatic rings. The van der Waals surface area contributed by atoms with Crippen LogP contribution >= 0.6 is 27.5 Å². The van der Waals surface area contributed by atoms with Gasteiger partial charge >= 0.3 is 6.09 Å². The summed E-state index contributed by atoms with van der Waals surface area (Å²) in [7, 11) is 0. The van der Waals surface area contributed by atoms with Crippen molar-refractivity contribution in [2.24, 2.45) is 5.41 Å². The van der Waals surface area contributed by atoms with E-state index in [-0.39, 0.29) is 49.3 Å². The summed E-state index contributed by atoms with van der Waals surface area (Å²) in [5.74, 6) is -0.710. The topological polar surface area (TPSA) is 123 Å². The minimum atomic E-state index is -1.54. The number of likely N-dealkylation sites (tertiary alicyclic amines) is 1. The first kappa shape index (κ1) is 31.2. The Morgan fingerprint density at radius 2 is 2.02 bits per heavy atom. The molecule has 1 aromatic heterocycles. The molecule has 3 aliphatic rings. The van der Waals surface area contributed by atoms with Gasteiger partial charge in [-0.05, 0) is 105 Å². The van der Waals surface area contributed by atoms with Crippen molar-refractivity contribution in [1.29, 1.82) is 0 Å². The Labute approximate surface area is 259 Å². The van der Waals surface area contributed by atoms with E-state index < -0.39 is 17.1 Å². The van der Waals surface area contributed by atoms with Crippen LogP contribution in [0.5, 0.6) is 0 Å². The van der Waals surface area contributed by atoms with Crippen molar-refractivity contribution in [3.63, 3.8) is 0 Å². The zero-order valence-electron chi connectivity index (χ0n) is 24.5. The normalized spacial score (nSPS) is 26.2. The van der Waals surface area contributed by atoms with Crippen LogP contribution in [0.15, 0.2) is 16.7 Å². The number of amides is 2. The number of Topliss-reactive ketones (excluding diaryl/α,β-unsaturated/α-hetero) is 1. The maximum Gasteiger partial charge on any atom is 0.410 e. The highest BCUT2D eigenvalue weighted by Crippen LogP contribution is 2.53. The standard InChI is InChI=1S/C30H40BrClN4O6/c1-28(2,3)42-27(39)35-11-6-10-29(18-35)16-30(40,17-29)26(38)33-14-19(37)8-9-20-22(32)13-23-21(25(20)31)15-34-36(23)24-7-4-5-12-41-24/h13,15,24,40H,4-12,14,16-18H2,1-3H3,(H,33,38). The van der Waals surface area contributed by atoms with Gasteiger partial charge < -0.3 is 24.8 Å². The number of hydrogen-bond acceptors (Lipinski definition) is 7. The molecule has 2 saturated heterocycles. The molecule has 3 heterocycles. The number of aromatic nitrogens is 2. The lowest BCUT2D eigenvalue weighted by Crippen LogP contribution is -2.65. The molecule has 1 aliphatic carbocycles. The second-order valence-corrected chi connectivity index (χ2v) is 14.3. The molecule has 42 heavy (non-hydrogen) atoms. The van der Waals surface area contributed by atoms with Gasteiger partial charge in [-0.1, -0.05) is 11.6 Å². The van der Waals surface area contributed by atoms with Crippen molar-refractivity contribution in [3.05, 3.63) is 27.3 Å². The summed E-state index contributed by atoms with van der Waals surface area (Å²) >= 11 is 10.3. The Kier molecular flexibility index (Phi) is 8.96. The number of nitrogens with zero attached hydrogens (tertiary/aromatic N) is 3. The highest BCUT2D eigenvalue weighted by molar-refractivity contribution is 9.10. The van der Waals surface area contributed by atoms with Gasteiger partial charge in [-0.3, -0.25) is 9.59 Å². The van der Waals surface area contributed by atoms with E-state index in [1.165, 1.54) is 0 Å². The van der Waals surface area contributed by atoms with E-state index in [1.807, 2.05) is 31.5 Å². The monoisotopic (exact) mass is 666 g/mol. The number of rotatable bonds is 7. The average Bonchev–Trinajstić information content (AvgIpc) is 3.34.